The van der Waals surface area contributed by atoms with Crippen LogP contribution >= 0.6 is 11.8 Å². The van der Waals surface area contributed by atoms with Crippen molar-refractivity contribution >= 4 is 28.9 Å². The van der Waals surface area contributed by atoms with Gasteiger partial charge in [-0.1, -0.05) is 17.8 Å². The molecule has 0 aliphatic rings. The number of nitrogens with one attached hydrogen (secondary N) is 1. The number of methoxy groups -OCH3 is 2. The van der Waals surface area contributed by atoms with E-state index >= 15 is 0 Å². The standard InChI is InChI=1S/C18H19N3O3S/c1-12(25-18-19-11-14-6-4-5-9-21(14)18)17(22)20-13-7-8-15(23-2)16(10-13)24-3/h4-12H,1-3H3,(H,20,22). The van der Waals surface area contributed by atoms with E-state index in [0.717, 1.165) is 10.7 Å². The highest BCUT2D eigenvalue weighted by Crippen LogP contribution is 2.30. The molecule has 0 radical (unpaired) electrons. The number of hydrogen-bond donors (Lipinski definition) is 1. The molecule has 3 aromatic rings. The number of pyridine rings is 1. The summed E-state index contributed by atoms with van der Waals surface area (Å²) in [7, 11) is 3.13. The highest BCUT2D eigenvalue weighted by molar-refractivity contribution is 8.00. The van der Waals surface area contributed by atoms with Crippen molar-refractivity contribution in [2.24, 2.45) is 0 Å². The maximum atomic E-state index is 12.5. The Balaban J connectivity index is 1.70. The number of ether oxygens (including phenoxy) is 2. The van der Waals surface area contributed by atoms with Gasteiger partial charge < -0.3 is 14.8 Å². The highest BCUT2D eigenvalue weighted by atomic mass is 32.2. The van der Waals surface area contributed by atoms with Crippen LogP contribution in [-0.4, -0.2) is 34.8 Å². The molecule has 0 saturated carbocycles. The number of anilines is 1. The van der Waals surface area contributed by atoms with Crippen LogP contribution in [0.3, 0.4) is 0 Å². The maximum absolute atomic E-state index is 12.5. The number of imidazole rings is 1. The van der Waals surface area contributed by atoms with E-state index < -0.39 is 0 Å². The summed E-state index contributed by atoms with van der Waals surface area (Å²) in [5.74, 6) is 1.08. The lowest BCUT2D eigenvalue weighted by Crippen LogP contribution is -2.22. The number of thioether (sulfide) groups is 1. The number of carbonyl (C=O) groups excluding carboxylic acids is 1. The molecule has 1 aromatic carbocycles. The summed E-state index contributed by atoms with van der Waals surface area (Å²) in [4.78, 5) is 16.9. The molecule has 25 heavy (non-hydrogen) atoms. The van der Waals surface area contributed by atoms with Crippen molar-refractivity contribution in [3.05, 3.63) is 48.8 Å². The monoisotopic (exact) mass is 357 g/mol. The molecule has 2 aromatic heterocycles. The number of fused-ring (bicyclic) bond motifs is 1. The quantitative estimate of drug-likeness (QED) is 0.684. The number of benzene rings is 1. The van der Waals surface area contributed by atoms with Crippen molar-refractivity contribution in [3.63, 3.8) is 0 Å². The molecule has 3 rings (SSSR count). The van der Waals surface area contributed by atoms with Gasteiger partial charge in [-0.15, -0.1) is 0 Å². The predicted molar refractivity (Wildman–Crippen MR) is 98.7 cm³/mol. The average molecular weight is 357 g/mol. The van der Waals surface area contributed by atoms with Crippen LogP contribution in [0.25, 0.3) is 5.52 Å². The minimum Gasteiger partial charge on any atom is -0.493 e. The lowest BCUT2D eigenvalue weighted by Gasteiger charge is -2.13. The maximum Gasteiger partial charge on any atom is 0.237 e. The van der Waals surface area contributed by atoms with Crippen LogP contribution in [0.5, 0.6) is 11.5 Å². The zero-order valence-corrected chi connectivity index (χ0v) is 15.0. The van der Waals surface area contributed by atoms with E-state index in [1.54, 1.807) is 38.6 Å². The Morgan fingerprint density at radius 2 is 2.00 bits per heavy atom. The van der Waals surface area contributed by atoms with E-state index in [-0.39, 0.29) is 11.2 Å². The van der Waals surface area contributed by atoms with Crippen LogP contribution in [0, 0.1) is 0 Å². The smallest absolute Gasteiger partial charge is 0.237 e. The Labute approximate surface area is 150 Å². The molecule has 0 aliphatic heterocycles. The fourth-order valence-corrected chi connectivity index (χ4v) is 3.25. The topological polar surface area (TPSA) is 64.9 Å². The molecular formula is C18H19N3O3S. The first-order chi connectivity index (χ1) is 12.1. The molecule has 2 heterocycles. The van der Waals surface area contributed by atoms with E-state index in [4.69, 9.17) is 9.47 Å². The Bertz CT molecular complexity index is 894. The van der Waals surface area contributed by atoms with Gasteiger partial charge in [0.1, 0.15) is 0 Å². The second-order valence-corrected chi connectivity index (χ2v) is 6.66. The second-order valence-electron chi connectivity index (χ2n) is 5.36. The molecule has 0 spiro atoms. The van der Waals surface area contributed by atoms with Gasteiger partial charge >= 0.3 is 0 Å². The first-order valence-corrected chi connectivity index (χ1v) is 8.62. The van der Waals surface area contributed by atoms with Crippen molar-refractivity contribution in [1.82, 2.24) is 9.38 Å². The SMILES string of the molecule is COc1ccc(NC(=O)C(C)Sc2ncc3ccccn23)cc1OC. The summed E-state index contributed by atoms with van der Waals surface area (Å²) in [6.07, 6.45) is 3.73. The Morgan fingerprint density at radius 3 is 2.76 bits per heavy atom. The third kappa shape index (κ3) is 3.71. The summed E-state index contributed by atoms with van der Waals surface area (Å²) in [5, 5.41) is 3.37. The summed E-state index contributed by atoms with van der Waals surface area (Å²) in [5.41, 5.74) is 1.65. The number of rotatable bonds is 6. The molecular weight excluding hydrogens is 338 g/mol. The zero-order valence-electron chi connectivity index (χ0n) is 14.2. The lowest BCUT2D eigenvalue weighted by atomic mass is 10.2. The molecule has 7 heteroatoms. The summed E-state index contributed by atoms with van der Waals surface area (Å²) < 4.78 is 12.4. The Hall–Kier alpha value is -2.67. The molecule has 0 fully saturated rings. The van der Waals surface area contributed by atoms with Crippen molar-refractivity contribution in [2.75, 3.05) is 19.5 Å². The third-order valence-corrected chi connectivity index (χ3v) is 4.79. The van der Waals surface area contributed by atoms with Crippen molar-refractivity contribution in [1.29, 1.82) is 0 Å². The molecule has 1 amide bonds. The highest BCUT2D eigenvalue weighted by Gasteiger charge is 2.18. The van der Waals surface area contributed by atoms with Crippen LogP contribution in [0.4, 0.5) is 5.69 Å². The minimum atomic E-state index is -0.307. The van der Waals surface area contributed by atoms with Gasteiger partial charge in [0.25, 0.3) is 0 Å². The average Bonchev–Trinajstić information content (AvgIpc) is 3.04. The Kier molecular flexibility index (Phi) is 5.14. The first-order valence-electron chi connectivity index (χ1n) is 7.74. The minimum absolute atomic E-state index is 0.107. The fraction of sp³-hybridized carbons (Fsp3) is 0.222. The van der Waals surface area contributed by atoms with Gasteiger partial charge in [0.05, 0.1) is 31.2 Å². The van der Waals surface area contributed by atoms with E-state index in [9.17, 15) is 4.79 Å². The second kappa shape index (κ2) is 7.48. The first kappa shape index (κ1) is 17.2. The van der Waals surface area contributed by atoms with Crippen LogP contribution in [-0.2, 0) is 4.79 Å². The zero-order chi connectivity index (χ0) is 17.8. The van der Waals surface area contributed by atoms with Gasteiger partial charge in [0.15, 0.2) is 16.7 Å². The molecule has 0 saturated heterocycles. The van der Waals surface area contributed by atoms with Crippen molar-refractivity contribution in [3.8, 4) is 11.5 Å². The van der Waals surface area contributed by atoms with E-state index in [0.29, 0.717) is 17.2 Å². The van der Waals surface area contributed by atoms with Crippen LogP contribution in [0.1, 0.15) is 6.92 Å². The lowest BCUT2D eigenvalue weighted by molar-refractivity contribution is -0.115. The summed E-state index contributed by atoms with van der Waals surface area (Å²) in [6, 6.07) is 11.1. The van der Waals surface area contributed by atoms with Gasteiger partial charge in [0, 0.05) is 18.0 Å². The van der Waals surface area contributed by atoms with Crippen LogP contribution in [0.2, 0.25) is 0 Å². The number of amides is 1. The number of carbonyl (C=O) groups is 1. The van der Waals surface area contributed by atoms with Gasteiger partial charge in [-0.3, -0.25) is 9.20 Å². The predicted octanol–water partition coefficient (Wildman–Crippen LogP) is 3.47. The van der Waals surface area contributed by atoms with Gasteiger partial charge in [-0.25, -0.2) is 4.98 Å². The molecule has 1 unspecified atom stereocenters. The van der Waals surface area contributed by atoms with Crippen molar-refractivity contribution < 1.29 is 14.3 Å². The van der Waals surface area contributed by atoms with Crippen LogP contribution in [0.15, 0.2) is 53.9 Å². The third-order valence-electron chi connectivity index (χ3n) is 3.71. The van der Waals surface area contributed by atoms with Crippen molar-refractivity contribution in [2.45, 2.75) is 17.3 Å². The van der Waals surface area contributed by atoms with E-state index in [1.165, 1.54) is 11.8 Å². The fourth-order valence-electron chi connectivity index (χ4n) is 2.38. The largest absolute Gasteiger partial charge is 0.493 e. The molecule has 1 N–H and O–H groups in total. The van der Waals surface area contributed by atoms with Crippen LogP contribution < -0.4 is 14.8 Å². The molecule has 0 aliphatic carbocycles. The molecule has 130 valence electrons. The Morgan fingerprint density at radius 1 is 1.20 bits per heavy atom. The van der Waals surface area contributed by atoms with Gasteiger partial charge in [0.2, 0.25) is 5.91 Å². The summed E-state index contributed by atoms with van der Waals surface area (Å²) >= 11 is 1.41. The van der Waals surface area contributed by atoms with E-state index in [2.05, 4.69) is 10.3 Å². The number of hydrogen-bond acceptors (Lipinski definition) is 5. The summed E-state index contributed by atoms with van der Waals surface area (Å²) in [6.45, 7) is 1.85. The molecule has 6 nitrogen and oxygen atoms in total. The molecule has 0 bridgehead atoms. The number of aromatic nitrogens is 2. The molecule has 1 atom stereocenters. The van der Waals surface area contributed by atoms with Gasteiger partial charge in [-0.05, 0) is 31.2 Å². The van der Waals surface area contributed by atoms with Gasteiger partial charge in [-0.2, -0.15) is 0 Å². The van der Waals surface area contributed by atoms with E-state index in [1.807, 2.05) is 35.7 Å². The number of nitrogens with zero attached hydrogens (tertiary/aromatic N) is 2. The normalized spacial score (nSPS) is 12.0.